The summed E-state index contributed by atoms with van der Waals surface area (Å²) in [5.41, 5.74) is 3.05. The van der Waals surface area contributed by atoms with Gasteiger partial charge in [-0.1, -0.05) is 11.6 Å². The highest BCUT2D eigenvalue weighted by Gasteiger charge is 2.16. The summed E-state index contributed by atoms with van der Waals surface area (Å²) in [4.78, 5) is 6.39. The van der Waals surface area contributed by atoms with Crippen molar-refractivity contribution in [3.8, 4) is 5.75 Å². The van der Waals surface area contributed by atoms with E-state index in [0.29, 0.717) is 11.1 Å². The number of halogens is 3. The molecule has 7 heteroatoms. The number of hydrogen-bond donors (Lipinski definition) is 2. The number of hydrogen-bond acceptors (Lipinski definition) is 2. The summed E-state index contributed by atoms with van der Waals surface area (Å²) >= 11 is 6.22. The predicted molar refractivity (Wildman–Crippen MR) is 118 cm³/mol. The minimum Gasteiger partial charge on any atom is -1.00 e. The number of rotatable bonds is 8. The average Bonchev–Trinajstić information content (AvgIpc) is 2.70. The highest BCUT2D eigenvalue weighted by molar-refractivity contribution is 6.31. The minimum absolute atomic E-state index is 0. The van der Waals surface area contributed by atoms with E-state index in [9.17, 15) is 0 Å². The van der Waals surface area contributed by atoms with Gasteiger partial charge < -0.3 is 39.8 Å². The molecule has 2 aromatic carbocycles. The molecule has 4 nitrogen and oxygen atoms in total. The molecular formula is C23H30Cl3N3O. The second-order valence-corrected chi connectivity index (χ2v) is 7.62. The van der Waals surface area contributed by atoms with E-state index in [4.69, 9.17) is 21.3 Å². The van der Waals surface area contributed by atoms with Crippen LogP contribution in [0.15, 0.2) is 48.6 Å². The number of ether oxygens (including phenoxy) is 1. The van der Waals surface area contributed by atoms with E-state index in [1.165, 1.54) is 5.69 Å². The Morgan fingerprint density at radius 1 is 1.07 bits per heavy atom. The Labute approximate surface area is 196 Å². The molecule has 0 radical (unpaired) electrons. The maximum absolute atomic E-state index is 6.22. The molecule has 164 valence electrons. The number of quaternary nitrogens is 2. The van der Waals surface area contributed by atoms with E-state index >= 15 is 0 Å². The van der Waals surface area contributed by atoms with Crippen LogP contribution in [-0.2, 0) is 0 Å². The number of nitrogens with two attached hydrogens (primary N) is 1. The highest BCUT2D eigenvalue weighted by atomic mass is 35.5. The molecule has 3 rings (SSSR count). The SMILES string of the molecule is CC[NH+](CC)C/C=C/C(C)[NH2+]c1c2ccc(Cl)cc2nc2ccc(OC)cc12.[Cl-].[Cl-]. The summed E-state index contributed by atoms with van der Waals surface area (Å²) in [5, 5.41) is 5.23. The van der Waals surface area contributed by atoms with Gasteiger partial charge in [0.15, 0.2) is 0 Å². The fourth-order valence-electron chi connectivity index (χ4n) is 3.54. The van der Waals surface area contributed by atoms with E-state index in [0.717, 1.165) is 47.2 Å². The van der Waals surface area contributed by atoms with Gasteiger partial charge in [-0.25, -0.2) is 4.98 Å². The van der Waals surface area contributed by atoms with E-state index in [2.05, 4.69) is 50.4 Å². The molecule has 0 spiro atoms. The molecule has 1 atom stereocenters. The van der Waals surface area contributed by atoms with Gasteiger partial charge in [0.25, 0.3) is 0 Å². The Bertz CT molecular complexity index is 990. The summed E-state index contributed by atoms with van der Waals surface area (Å²) in [6.45, 7) is 10.1. The zero-order valence-corrected chi connectivity index (χ0v) is 20.2. The third-order valence-electron chi connectivity index (χ3n) is 5.26. The zero-order chi connectivity index (χ0) is 20.1. The van der Waals surface area contributed by atoms with Crippen LogP contribution in [0.5, 0.6) is 5.75 Å². The molecule has 0 aliphatic heterocycles. The van der Waals surface area contributed by atoms with Crippen LogP contribution in [0.3, 0.4) is 0 Å². The lowest BCUT2D eigenvalue weighted by molar-refractivity contribution is -0.890. The first kappa shape index (κ1) is 26.5. The standard InChI is InChI=1S/C23H28ClN3O.2ClH/c1-5-27(6-2)13-7-8-16(3)25-23-19-11-9-17(24)14-22(19)26-21-12-10-18(28-4)15-20(21)23;;/h7-12,14-16H,5-6,13H2,1-4H3,(H,25,26);2*1H/b8-7+;;. The molecular weight excluding hydrogens is 441 g/mol. The predicted octanol–water partition coefficient (Wildman–Crippen LogP) is -2.88. The first-order valence-corrected chi connectivity index (χ1v) is 10.4. The number of likely N-dealkylation sites (N-methyl/N-ethyl adjacent to an activating group) is 1. The van der Waals surface area contributed by atoms with Crippen molar-refractivity contribution in [1.29, 1.82) is 0 Å². The second-order valence-electron chi connectivity index (χ2n) is 7.19. The van der Waals surface area contributed by atoms with E-state index < -0.39 is 0 Å². The van der Waals surface area contributed by atoms with Crippen LogP contribution in [-0.4, -0.2) is 37.8 Å². The molecule has 0 amide bonds. The second kappa shape index (κ2) is 12.3. The van der Waals surface area contributed by atoms with Gasteiger partial charge in [-0.3, -0.25) is 0 Å². The number of nitrogens with zero attached hydrogens (tertiary/aromatic N) is 1. The number of benzene rings is 2. The van der Waals surface area contributed by atoms with E-state index in [1.807, 2.05) is 24.3 Å². The quantitative estimate of drug-likeness (QED) is 0.274. The third kappa shape index (κ3) is 6.22. The van der Waals surface area contributed by atoms with Gasteiger partial charge in [-0.2, -0.15) is 0 Å². The Kier molecular flexibility index (Phi) is 10.9. The topological polar surface area (TPSA) is 43.2 Å². The summed E-state index contributed by atoms with van der Waals surface area (Å²) in [7, 11) is 1.69. The first-order chi connectivity index (χ1) is 13.5. The molecule has 3 N–H and O–H groups in total. The lowest BCUT2D eigenvalue weighted by Gasteiger charge is -2.14. The van der Waals surface area contributed by atoms with Crippen LogP contribution < -0.4 is 39.8 Å². The van der Waals surface area contributed by atoms with Crippen molar-refractivity contribution in [3.05, 3.63) is 53.6 Å². The number of fused-ring (bicyclic) bond motifs is 2. The van der Waals surface area contributed by atoms with Gasteiger partial charge in [-0.15, -0.1) is 0 Å². The van der Waals surface area contributed by atoms with Gasteiger partial charge in [0.2, 0.25) is 0 Å². The Morgan fingerprint density at radius 2 is 1.80 bits per heavy atom. The van der Waals surface area contributed by atoms with Crippen molar-refractivity contribution in [2.24, 2.45) is 0 Å². The van der Waals surface area contributed by atoms with Gasteiger partial charge in [0, 0.05) is 5.02 Å². The molecule has 0 saturated carbocycles. The lowest BCUT2D eigenvalue weighted by atomic mass is 10.1. The average molecular weight is 471 g/mol. The zero-order valence-electron chi connectivity index (χ0n) is 17.9. The molecule has 0 fully saturated rings. The molecule has 0 bridgehead atoms. The lowest BCUT2D eigenvalue weighted by Crippen LogP contribution is -3.11. The maximum atomic E-state index is 6.22. The van der Waals surface area contributed by atoms with Crippen molar-refractivity contribution >= 4 is 39.1 Å². The maximum Gasteiger partial charge on any atom is 0.149 e. The van der Waals surface area contributed by atoms with Crippen LogP contribution in [0.1, 0.15) is 20.8 Å². The van der Waals surface area contributed by atoms with Crippen LogP contribution in [0.2, 0.25) is 5.02 Å². The number of nitrogens with one attached hydrogen (secondary N) is 1. The minimum atomic E-state index is 0. The molecule has 3 aromatic rings. The molecule has 0 aliphatic carbocycles. The monoisotopic (exact) mass is 469 g/mol. The normalized spacial score (nSPS) is 12.2. The van der Waals surface area contributed by atoms with Crippen LogP contribution in [0.4, 0.5) is 5.69 Å². The summed E-state index contributed by atoms with van der Waals surface area (Å²) in [5.74, 6) is 0.839. The smallest absolute Gasteiger partial charge is 0.149 e. The van der Waals surface area contributed by atoms with Gasteiger partial charge in [0.1, 0.15) is 17.5 Å². The van der Waals surface area contributed by atoms with E-state index in [1.54, 1.807) is 12.0 Å². The van der Waals surface area contributed by atoms with Gasteiger partial charge in [-0.05, 0) is 69.3 Å². The van der Waals surface area contributed by atoms with Crippen LogP contribution in [0, 0.1) is 0 Å². The van der Waals surface area contributed by atoms with Gasteiger partial charge >= 0.3 is 0 Å². The molecule has 1 aromatic heterocycles. The third-order valence-corrected chi connectivity index (χ3v) is 5.50. The van der Waals surface area contributed by atoms with Crippen molar-refractivity contribution in [2.45, 2.75) is 26.8 Å². The Balaban J connectivity index is 0.00000225. The fourth-order valence-corrected chi connectivity index (χ4v) is 3.71. The summed E-state index contributed by atoms with van der Waals surface area (Å²) < 4.78 is 5.45. The summed E-state index contributed by atoms with van der Waals surface area (Å²) in [6.07, 6.45) is 4.59. The van der Waals surface area contributed by atoms with Crippen molar-refractivity contribution in [3.63, 3.8) is 0 Å². The van der Waals surface area contributed by atoms with Crippen LogP contribution >= 0.6 is 11.6 Å². The number of pyridine rings is 1. The van der Waals surface area contributed by atoms with E-state index in [-0.39, 0.29) is 24.8 Å². The Hall–Kier alpha value is -1.56. The molecule has 30 heavy (non-hydrogen) atoms. The van der Waals surface area contributed by atoms with Crippen LogP contribution in [0.25, 0.3) is 21.8 Å². The number of aromatic nitrogens is 1. The van der Waals surface area contributed by atoms with Crippen molar-refractivity contribution in [1.82, 2.24) is 4.98 Å². The molecule has 0 saturated heterocycles. The molecule has 1 unspecified atom stereocenters. The number of methoxy groups -OCH3 is 1. The largest absolute Gasteiger partial charge is 1.00 e. The first-order valence-electron chi connectivity index (χ1n) is 9.97. The van der Waals surface area contributed by atoms with Gasteiger partial charge in [0.05, 0.1) is 48.5 Å². The van der Waals surface area contributed by atoms with Crippen molar-refractivity contribution < 1.29 is 39.8 Å². The Morgan fingerprint density at radius 3 is 2.47 bits per heavy atom. The fraction of sp³-hybridized carbons (Fsp3) is 0.348. The summed E-state index contributed by atoms with van der Waals surface area (Å²) in [6, 6.07) is 12.3. The highest BCUT2D eigenvalue weighted by Crippen LogP contribution is 2.31. The molecule has 1 heterocycles. The molecule has 0 aliphatic rings. The van der Waals surface area contributed by atoms with Crippen molar-refractivity contribution in [2.75, 3.05) is 26.7 Å².